The zero-order valence-corrected chi connectivity index (χ0v) is 15.3. The standard InChI is InChI=1S/C21H19N5/c1-12-7-14-5-6-15(8-16(14)22-11-12)21-24-18-10-19-17(9-20(18)26(21)4)23-13(2)25(19)3/h5-11H,1-4H3. The van der Waals surface area contributed by atoms with Gasteiger partial charge in [0.2, 0.25) is 0 Å². The molecule has 0 unspecified atom stereocenters. The Morgan fingerprint density at radius 3 is 2.31 bits per heavy atom. The maximum Gasteiger partial charge on any atom is 0.140 e. The van der Waals surface area contributed by atoms with Crippen LogP contribution in [-0.2, 0) is 14.1 Å². The molecule has 0 fully saturated rings. The highest BCUT2D eigenvalue weighted by Crippen LogP contribution is 2.29. The summed E-state index contributed by atoms with van der Waals surface area (Å²) >= 11 is 0. The summed E-state index contributed by atoms with van der Waals surface area (Å²) in [6, 6.07) is 12.7. The number of pyridine rings is 1. The summed E-state index contributed by atoms with van der Waals surface area (Å²) < 4.78 is 4.24. The van der Waals surface area contributed by atoms with Gasteiger partial charge in [-0.2, -0.15) is 0 Å². The molecule has 0 bridgehead atoms. The van der Waals surface area contributed by atoms with E-state index in [0.717, 1.165) is 50.2 Å². The summed E-state index contributed by atoms with van der Waals surface area (Å²) in [7, 11) is 4.09. The Balaban J connectivity index is 1.75. The fraction of sp³-hybridized carbons (Fsp3) is 0.190. The number of imidazole rings is 2. The van der Waals surface area contributed by atoms with Gasteiger partial charge in [0.15, 0.2) is 0 Å². The molecule has 0 N–H and O–H groups in total. The molecule has 0 amide bonds. The number of hydrogen-bond acceptors (Lipinski definition) is 3. The largest absolute Gasteiger partial charge is 0.331 e. The minimum absolute atomic E-state index is 0.941. The quantitative estimate of drug-likeness (QED) is 0.457. The van der Waals surface area contributed by atoms with Gasteiger partial charge in [0.05, 0.1) is 27.6 Å². The van der Waals surface area contributed by atoms with Crippen molar-refractivity contribution in [2.24, 2.45) is 14.1 Å². The van der Waals surface area contributed by atoms with Gasteiger partial charge in [-0.1, -0.05) is 12.1 Å². The molecule has 0 aliphatic carbocycles. The van der Waals surface area contributed by atoms with Gasteiger partial charge in [0.1, 0.15) is 11.6 Å². The lowest BCUT2D eigenvalue weighted by atomic mass is 10.1. The summed E-state index contributed by atoms with van der Waals surface area (Å²) in [5, 5.41) is 1.15. The zero-order chi connectivity index (χ0) is 18.0. The van der Waals surface area contributed by atoms with E-state index in [1.54, 1.807) is 0 Å². The van der Waals surface area contributed by atoms with Crippen LogP contribution in [0.25, 0.3) is 44.4 Å². The van der Waals surface area contributed by atoms with Crippen molar-refractivity contribution in [1.29, 1.82) is 0 Å². The summed E-state index contributed by atoms with van der Waals surface area (Å²) in [5.74, 6) is 1.95. The minimum atomic E-state index is 0.941. The Labute approximate surface area is 150 Å². The van der Waals surface area contributed by atoms with Crippen LogP contribution in [0, 0.1) is 13.8 Å². The van der Waals surface area contributed by atoms with Crippen molar-refractivity contribution in [2.45, 2.75) is 13.8 Å². The molecule has 26 heavy (non-hydrogen) atoms. The van der Waals surface area contributed by atoms with E-state index in [4.69, 9.17) is 4.98 Å². The summed E-state index contributed by atoms with van der Waals surface area (Å²) in [6.45, 7) is 4.08. The van der Waals surface area contributed by atoms with Gasteiger partial charge in [0, 0.05) is 31.2 Å². The highest BCUT2D eigenvalue weighted by molar-refractivity contribution is 5.94. The Hall–Kier alpha value is -3.21. The maximum atomic E-state index is 4.90. The molecule has 0 spiro atoms. The summed E-state index contributed by atoms with van der Waals surface area (Å²) in [4.78, 5) is 14.1. The van der Waals surface area contributed by atoms with Crippen molar-refractivity contribution in [3.05, 3.63) is 54.0 Å². The van der Waals surface area contributed by atoms with Crippen molar-refractivity contribution in [2.75, 3.05) is 0 Å². The summed E-state index contributed by atoms with van der Waals surface area (Å²) in [6.07, 6.45) is 1.90. The molecule has 0 aliphatic heterocycles. The first-order valence-corrected chi connectivity index (χ1v) is 8.67. The molecular formula is C21H19N5. The van der Waals surface area contributed by atoms with Crippen LogP contribution in [0.15, 0.2) is 42.6 Å². The Morgan fingerprint density at radius 2 is 1.50 bits per heavy atom. The van der Waals surface area contributed by atoms with E-state index >= 15 is 0 Å². The molecule has 5 rings (SSSR count). The van der Waals surface area contributed by atoms with Gasteiger partial charge in [-0.05, 0) is 43.7 Å². The van der Waals surface area contributed by atoms with Crippen LogP contribution in [0.5, 0.6) is 0 Å². The van der Waals surface area contributed by atoms with Gasteiger partial charge in [-0.25, -0.2) is 9.97 Å². The van der Waals surface area contributed by atoms with Crippen LogP contribution in [0.2, 0.25) is 0 Å². The number of aryl methyl sites for hydroxylation is 4. The number of fused-ring (bicyclic) bond motifs is 3. The number of rotatable bonds is 1. The highest BCUT2D eigenvalue weighted by atomic mass is 15.1. The van der Waals surface area contributed by atoms with Gasteiger partial charge in [-0.3, -0.25) is 4.98 Å². The third-order valence-corrected chi connectivity index (χ3v) is 5.19. The van der Waals surface area contributed by atoms with Crippen molar-refractivity contribution in [3.63, 3.8) is 0 Å². The molecule has 5 heteroatoms. The first-order chi connectivity index (χ1) is 12.5. The van der Waals surface area contributed by atoms with E-state index < -0.39 is 0 Å². The molecular weight excluding hydrogens is 322 g/mol. The summed E-state index contributed by atoms with van der Waals surface area (Å²) in [5.41, 5.74) is 7.40. The van der Waals surface area contributed by atoms with Crippen molar-refractivity contribution in [3.8, 4) is 11.4 Å². The molecule has 3 aromatic heterocycles. The number of benzene rings is 2. The molecule has 0 saturated carbocycles. The van der Waals surface area contributed by atoms with Gasteiger partial charge in [-0.15, -0.1) is 0 Å². The predicted molar refractivity (Wildman–Crippen MR) is 105 cm³/mol. The monoisotopic (exact) mass is 341 g/mol. The molecule has 3 heterocycles. The van der Waals surface area contributed by atoms with Crippen molar-refractivity contribution < 1.29 is 0 Å². The molecule has 128 valence electrons. The van der Waals surface area contributed by atoms with Crippen LogP contribution in [0.1, 0.15) is 11.4 Å². The zero-order valence-electron chi connectivity index (χ0n) is 15.3. The van der Waals surface area contributed by atoms with Crippen LogP contribution < -0.4 is 0 Å². The lowest BCUT2D eigenvalue weighted by Gasteiger charge is -2.05. The van der Waals surface area contributed by atoms with Crippen LogP contribution in [-0.4, -0.2) is 24.1 Å². The normalized spacial score (nSPS) is 11.8. The SMILES string of the molecule is Cc1cnc2cc(-c3nc4cc5c(cc4n3C)nc(C)n5C)ccc2c1. The van der Waals surface area contributed by atoms with Crippen molar-refractivity contribution >= 4 is 33.0 Å². The van der Waals surface area contributed by atoms with Crippen molar-refractivity contribution in [1.82, 2.24) is 24.1 Å². The average molecular weight is 341 g/mol. The smallest absolute Gasteiger partial charge is 0.140 e. The third kappa shape index (κ3) is 2.07. The van der Waals surface area contributed by atoms with Crippen LogP contribution in [0.3, 0.4) is 0 Å². The van der Waals surface area contributed by atoms with Gasteiger partial charge in [0.25, 0.3) is 0 Å². The average Bonchev–Trinajstić information content (AvgIpc) is 3.10. The highest BCUT2D eigenvalue weighted by Gasteiger charge is 2.14. The predicted octanol–water partition coefficient (Wildman–Crippen LogP) is 4.29. The fourth-order valence-electron chi connectivity index (χ4n) is 3.63. The van der Waals surface area contributed by atoms with E-state index in [1.165, 1.54) is 5.56 Å². The van der Waals surface area contributed by atoms with E-state index in [1.807, 2.05) is 20.2 Å². The number of nitrogens with zero attached hydrogens (tertiary/aromatic N) is 5. The third-order valence-electron chi connectivity index (χ3n) is 5.19. The van der Waals surface area contributed by atoms with Crippen LogP contribution in [0.4, 0.5) is 0 Å². The molecule has 0 atom stereocenters. The Bertz CT molecular complexity index is 1320. The molecule has 5 aromatic rings. The second kappa shape index (κ2) is 5.14. The fourth-order valence-corrected chi connectivity index (χ4v) is 3.63. The van der Waals surface area contributed by atoms with E-state index in [2.05, 4.69) is 69.5 Å². The lowest BCUT2D eigenvalue weighted by molar-refractivity contribution is 0.886. The second-order valence-electron chi connectivity index (χ2n) is 6.96. The van der Waals surface area contributed by atoms with E-state index in [-0.39, 0.29) is 0 Å². The Morgan fingerprint density at radius 1 is 0.769 bits per heavy atom. The molecule has 0 saturated heterocycles. The van der Waals surface area contributed by atoms with Gasteiger partial charge < -0.3 is 9.13 Å². The van der Waals surface area contributed by atoms with Crippen LogP contribution >= 0.6 is 0 Å². The van der Waals surface area contributed by atoms with E-state index in [9.17, 15) is 0 Å². The number of hydrogen-bond donors (Lipinski definition) is 0. The topological polar surface area (TPSA) is 48.5 Å². The molecule has 0 radical (unpaired) electrons. The maximum absolute atomic E-state index is 4.90. The molecule has 2 aromatic carbocycles. The van der Waals surface area contributed by atoms with Gasteiger partial charge >= 0.3 is 0 Å². The number of aromatic nitrogens is 5. The minimum Gasteiger partial charge on any atom is -0.331 e. The molecule has 5 nitrogen and oxygen atoms in total. The first-order valence-electron chi connectivity index (χ1n) is 8.67. The first kappa shape index (κ1) is 15.1. The van der Waals surface area contributed by atoms with E-state index in [0.29, 0.717) is 0 Å². The Kier molecular flexibility index (Phi) is 2.98. The lowest BCUT2D eigenvalue weighted by Crippen LogP contribution is -1.93. The molecule has 0 aliphatic rings. The second-order valence-corrected chi connectivity index (χ2v) is 6.96.